The Bertz CT molecular complexity index is 739. The maximum Gasteiger partial charge on any atom is 0.279 e. The molecule has 1 aromatic carbocycles. The minimum Gasteiger partial charge on any atom is -0.497 e. The SMILES string of the molecule is COc1ccc(NC(=O)C[NH+](C)CC(=O)N(C)Cc2ccc(C)o2)cc1. The number of aryl methyl sites for hydroxylation is 1. The maximum absolute atomic E-state index is 12.3. The van der Waals surface area contributed by atoms with E-state index in [4.69, 9.17) is 9.15 Å². The molecular formula is C19H26N3O4+. The summed E-state index contributed by atoms with van der Waals surface area (Å²) in [6.45, 7) is 2.71. The number of nitrogens with one attached hydrogen (secondary N) is 2. The van der Waals surface area contributed by atoms with Gasteiger partial charge in [0.05, 0.1) is 20.7 Å². The minimum absolute atomic E-state index is 0.0474. The molecule has 2 aromatic rings. The minimum atomic E-state index is -0.148. The van der Waals surface area contributed by atoms with Gasteiger partial charge in [0, 0.05) is 12.7 Å². The van der Waals surface area contributed by atoms with Gasteiger partial charge in [-0.25, -0.2) is 0 Å². The first-order valence-corrected chi connectivity index (χ1v) is 8.42. The monoisotopic (exact) mass is 360 g/mol. The number of nitrogens with zero attached hydrogens (tertiary/aromatic N) is 1. The third-order valence-corrected chi connectivity index (χ3v) is 3.90. The molecule has 2 amide bonds. The summed E-state index contributed by atoms with van der Waals surface area (Å²) in [5, 5.41) is 2.81. The highest BCUT2D eigenvalue weighted by molar-refractivity contribution is 5.91. The number of methoxy groups -OCH3 is 1. The number of carbonyl (C=O) groups excluding carboxylic acids is 2. The number of hydrogen-bond donors (Lipinski definition) is 2. The number of likely N-dealkylation sites (N-methyl/N-ethyl adjacent to an activating group) is 2. The van der Waals surface area contributed by atoms with E-state index < -0.39 is 0 Å². The fourth-order valence-corrected chi connectivity index (χ4v) is 2.50. The molecule has 0 spiro atoms. The van der Waals surface area contributed by atoms with Crippen LogP contribution in [0.25, 0.3) is 0 Å². The highest BCUT2D eigenvalue weighted by Gasteiger charge is 2.18. The molecule has 1 heterocycles. The molecule has 0 saturated heterocycles. The highest BCUT2D eigenvalue weighted by Crippen LogP contribution is 2.14. The number of furan rings is 1. The molecule has 7 nitrogen and oxygen atoms in total. The molecular weight excluding hydrogens is 334 g/mol. The second kappa shape index (κ2) is 9.05. The van der Waals surface area contributed by atoms with E-state index in [1.165, 1.54) is 0 Å². The summed E-state index contributed by atoms with van der Waals surface area (Å²) in [6, 6.07) is 10.8. The molecule has 7 heteroatoms. The predicted octanol–water partition coefficient (Wildman–Crippen LogP) is 0.708. The lowest BCUT2D eigenvalue weighted by atomic mass is 10.3. The van der Waals surface area contributed by atoms with Crippen LogP contribution in [0.15, 0.2) is 40.8 Å². The summed E-state index contributed by atoms with van der Waals surface area (Å²) in [7, 11) is 5.13. The number of amides is 2. The fourth-order valence-electron chi connectivity index (χ4n) is 2.50. The zero-order valence-corrected chi connectivity index (χ0v) is 15.7. The van der Waals surface area contributed by atoms with E-state index in [1.54, 1.807) is 43.3 Å². The number of carbonyl (C=O) groups is 2. The quantitative estimate of drug-likeness (QED) is 0.727. The summed E-state index contributed by atoms with van der Waals surface area (Å²) in [5.41, 5.74) is 0.695. The Balaban J connectivity index is 1.77. The van der Waals surface area contributed by atoms with E-state index in [9.17, 15) is 9.59 Å². The van der Waals surface area contributed by atoms with Crippen LogP contribution in [0.1, 0.15) is 11.5 Å². The van der Waals surface area contributed by atoms with Crippen molar-refractivity contribution in [3.63, 3.8) is 0 Å². The largest absolute Gasteiger partial charge is 0.497 e. The standard InChI is InChI=1S/C19H25N3O4/c1-14-5-8-17(26-14)11-22(3)19(24)13-21(2)12-18(23)20-15-6-9-16(25-4)10-7-15/h5-10H,11-13H2,1-4H3,(H,20,23)/p+1. The molecule has 1 atom stereocenters. The molecule has 0 aliphatic carbocycles. The molecule has 1 aromatic heterocycles. The van der Waals surface area contributed by atoms with Crippen molar-refractivity contribution in [2.24, 2.45) is 0 Å². The van der Waals surface area contributed by atoms with Crippen molar-refractivity contribution in [2.75, 3.05) is 39.6 Å². The fraction of sp³-hybridized carbons (Fsp3) is 0.368. The van der Waals surface area contributed by atoms with Crippen LogP contribution in [-0.4, -0.2) is 51.0 Å². The van der Waals surface area contributed by atoms with Crippen LogP contribution in [0, 0.1) is 6.92 Å². The van der Waals surface area contributed by atoms with Crippen molar-refractivity contribution in [1.29, 1.82) is 0 Å². The molecule has 0 saturated carbocycles. The van der Waals surface area contributed by atoms with Crippen molar-refractivity contribution in [2.45, 2.75) is 13.5 Å². The number of quaternary nitrogens is 1. The average molecular weight is 360 g/mol. The van der Waals surface area contributed by atoms with Crippen molar-refractivity contribution in [3.05, 3.63) is 47.9 Å². The number of benzene rings is 1. The van der Waals surface area contributed by atoms with E-state index in [0.29, 0.717) is 12.2 Å². The van der Waals surface area contributed by atoms with E-state index in [-0.39, 0.29) is 24.9 Å². The smallest absolute Gasteiger partial charge is 0.279 e. The number of ether oxygens (including phenoxy) is 1. The van der Waals surface area contributed by atoms with Crippen LogP contribution in [0.2, 0.25) is 0 Å². The second-order valence-corrected chi connectivity index (χ2v) is 6.35. The number of rotatable bonds is 8. The van der Waals surface area contributed by atoms with Crippen LogP contribution in [0.5, 0.6) is 5.75 Å². The molecule has 140 valence electrons. The molecule has 26 heavy (non-hydrogen) atoms. The highest BCUT2D eigenvalue weighted by atomic mass is 16.5. The lowest BCUT2D eigenvalue weighted by Gasteiger charge is -2.19. The third kappa shape index (κ3) is 5.93. The van der Waals surface area contributed by atoms with Gasteiger partial charge in [-0.2, -0.15) is 0 Å². The Morgan fingerprint density at radius 3 is 2.42 bits per heavy atom. The van der Waals surface area contributed by atoms with Gasteiger partial charge in [0.25, 0.3) is 11.8 Å². The summed E-state index contributed by atoms with van der Waals surface area (Å²) in [4.78, 5) is 26.8. The number of anilines is 1. The second-order valence-electron chi connectivity index (χ2n) is 6.35. The van der Waals surface area contributed by atoms with Crippen LogP contribution < -0.4 is 15.0 Å². The third-order valence-electron chi connectivity index (χ3n) is 3.90. The summed E-state index contributed by atoms with van der Waals surface area (Å²) < 4.78 is 10.6. The van der Waals surface area contributed by atoms with Gasteiger partial charge in [0.1, 0.15) is 17.3 Å². The predicted molar refractivity (Wildman–Crippen MR) is 98.2 cm³/mol. The van der Waals surface area contributed by atoms with Gasteiger partial charge < -0.3 is 24.3 Å². The summed E-state index contributed by atoms with van der Waals surface area (Å²) >= 11 is 0. The van der Waals surface area contributed by atoms with E-state index in [0.717, 1.165) is 22.2 Å². The van der Waals surface area contributed by atoms with E-state index in [1.807, 2.05) is 26.1 Å². The Morgan fingerprint density at radius 1 is 1.15 bits per heavy atom. The molecule has 0 bridgehead atoms. The van der Waals surface area contributed by atoms with Crippen molar-refractivity contribution in [3.8, 4) is 5.75 Å². The van der Waals surface area contributed by atoms with Crippen LogP contribution in [-0.2, 0) is 16.1 Å². The maximum atomic E-state index is 12.3. The molecule has 0 radical (unpaired) electrons. The average Bonchev–Trinajstić information content (AvgIpc) is 3.00. The normalized spacial score (nSPS) is 11.7. The van der Waals surface area contributed by atoms with Gasteiger partial charge in [0.2, 0.25) is 0 Å². The molecule has 0 fully saturated rings. The Hall–Kier alpha value is -2.80. The van der Waals surface area contributed by atoms with Gasteiger partial charge in [-0.15, -0.1) is 0 Å². The lowest BCUT2D eigenvalue weighted by Crippen LogP contribution is -3.11. The molecule has 1 unspecified atom stereocenters. The molecule has 2 N–H and O–H groups in total. The first-order chi connectivity index (χ1) is 12.4. The summed E-state index contributed by atoms with van der Waals surface area (Å²) in [5.74, 6) is 2.09. The number of hydrogen-bond acceptors (Lipinski definition) is 4. The van der Waals surface area contributed by atoms with Gasteiger partial charge in [-0.05, 0) is 43.3 Å². The van der Waals surface area contributed by atoms with Crippen molar-refractivity contribution < 1.29 is 23.6 Å². The lowest BCUT2D eigenvalue weighted by molar-refractivity contribution is -0.862. The Kier molecular flexibility index (Phi) is 6.80. The van der Waals surface area contributed by atoms with Crippen LogP contribution in [0.3, 0.4) is 0 Å². The first kappa shape index (κ1) is 19.5. The molecule has 0 aliphatic heterocycles. The van der Waals surface area contributed by atoms with Gasteiger partial charge in [0.15, 0.2) is 13.1 Å². The van der Waals surface area contributed by atoms with Gasteiger partial charge in [-0.3, -0.25) is 9.59 Å². The van der Waals surface area contributed by atoms with E-state index in [2.05, 4.69) is 5.32 Å². The molecule has 0 aliphatic rings. The zero-order chi connectivity index (χ0) is 19.1. The van der Waals surface area contributed by atoms with Crippen molar-refractivity contribution in [1.82, 2.24) is 4.90 Å². The summed E-state index contributed by atoms with van der Waals surface area (Å²) in [6.07, 6.45) is 0. The Labute approximate surface area is 153 Å². The first-order valence-electron chi connectivity index (χ1n) is 8.42. The Morgan fingerprint density at radius 2 is 1.85 bits per heavy atom. The van der Waals surface area contributed by atoms with Gasteiger partial charge >= 0.3 is 0 Å². The van der Waals surface area contributed by atoms with Gasteiger partial charge in [-0.1, -0.05) is 0 Å². The van der Waals surface area contributed by atoms with Crippen molar-refractivity contribution >= 4 is 17.5 Å². The topological polar surface area (TPSA) is 76.2 Å². The zero-order valence-electron chi connectivity index (χ0n) is 15.7. The van der Waals surface area contributed by atoms with E-state index >= 15 is 0 Å². The van der Waals surface area contributed by atoms with Crippen LogP contribution >= 0.6 is 0 Å². The molecule has 2 rings (SSSR count). The van der Waals surface area contributed by atoms with Crippen LogP contribution in [0.4, 0.5) is 5.69 Å².